The minimum Gasteiger partial charge on any atom is -0.481 e. The normalized spacial score (nSPS) is 16.9. The summed E-state index contributed by atoms with van der Waals surface area (Å²) in [4.78, 5) is 24.0. The molecule has 4 nitrogen and oxygen atoms in total. The molecule has 1 unspecified atom stereocenters. The molecule has 1 aliphatic rings. The molecule has 6 heteroatoms. The van der Waals surface area contributed by atoms with Gasteiger partial charge < -0.3 is 10.4 Å². The molecule has 0 radical (unpaired) electrons. The number of rotatable bonds is 6. The maximum atomic E-state index is 12.5. The molecule has 1 amide bonds. The Morgan fingerprint density at radius 2 is 1.92 bits per heavy atom. The van der Waals surface area contributed by atoms with Gasteiger partial charge in [-0.15, -0.1) is 0 Å². The minimum atomic E-state index is -0.886. The van der Waals surface area contributed by atoms with Crippen LogP contribution in [-0.4, -0.2) is 17.0 Å². The highest BCUT2D eigenvalue weighted by Crippen LogP contribution is 2.44. The number of benzene rings is 1. The van der Waals surface area contributed by atoms with Crippen LogP contribution < -0.4 is 5.32 Å². The van der Waals surface area contributed by atoms with Gasteiger partial charge in [0.1, 0.15) is 0 Å². The molecule has 24 heavy (non-hydrogen) atoms. The second-order valence-electron chi connectivity index (χ2n) is 6.22. The summed E-state index contributed by atoms with van der Waals surface area (Å²) in [5.41, 5.74) is 1.02. The number of amides is 1. The quantitative estimate of drug-likeness (QED) is 0.806. The van der Waals surface area contributed by atoms with Crippen molar-refractivity contribution in [2.75, 3.05) is 0 Å². The summed E-state index contributed by atoms with van der Waals surface area (Å²) < 4.78 is 0. The van der Waals surface area contributed by atoms with Crippen molar-refractivity contribution in [1.82, 2.24) is 5.32 Å². The van der Waals surface area contributed by atoms with Crippen LogP contribution in [0.25, 0.3) is 0 Å². The fourth-order valence-corrected chi connectivity index (χ4v) is 3.85. The van der Waals surface area contributed by atoms with Gasteiger partial charge in [0.25, 0.3) is 0 Å². The van der Waals surface area contributed by atoms with E-state index in [0.717, 1.165) is 17.5 Å². The predicted molar refractivity (Wildman–Crippen MR) is 94.3 cm³/mol. The van der Waals surface area contributed by atoms with E-state index in [2.05, 4.69) is 5.32 Å². The monoisotopic (exact) mass is 363 g/mol. The molecule has 1 aromatic carbocycles. The van der Waals surface area contributed by atoms with Crippen molar-refractivity contribution in [2.24, 2.45) is 5.41 Å². The largest absolute Gasteiger partial charge is 0.481 e. The fraction of sp³-hybridized carbons (Fsp3) is 0.333. The van der Waals surface area contributed by atoms with Gasteiger partial charge in [0.2, 0.25) is 5.91 Å². The topological polar surface area (TPSA) is 66.4 Å². The third-order valence-corrected chi connectivity index (χ3v) is 5.60. The first kappa shape index (κ1) is 17.0. The van der Waals surface area contributed by atoms with Crippen LogP contribution in [0.5, 0.6) is 0 Å². The van der Waals surface area contributed by atoms with E-state index >= 15 is 0 Å². The van der Waals surface area contributed by atoms with Crippen LogP contribution >= 0.6 is 22.9 Å². The summed E-state index contributed by atoms with van der Waals surface area (Å²) in [6.45, 7) is 0. The number of aliphatic carboxylic acids is 1. The molecule has 1 aliphatic carbocycles. The lowest BCUT2D eigenvalue weighted by Crippen LogP contribution is -2.43. The van der Waals surface area contributed by atoms with E-state index in [4.69, 9.17) is 11.6 Å². The molecule has 126 valence electrons. The van der Waals surface area contributed by atoms with Crippen LogP contribution in [0.4, 0.5) is 0 Å². The molecule has 1 aromatic heterocycles. The number of hydrogen-bond acceptors (Lipinski definition) is 3. The number of hydrogen-bond donors (Lipinski definition) is 2. The summed E-state index contributed by atoms with van der Waals surface area (Å²) >= 11 is 7.50. The van der Waals surface area contributed by atoms with Gasteiger partial charge in [0.15, 0.2) is 0 Å². The lowest BCUT2D eigenvalue weighted by Gasteiger charge is -2.37. The van der Waals surface area contributed by atoms with Gasteiger partial charge in [-0.25, -0.2) is 0 Å². The third kappa shape index (κ3) is 3.47. The Labute approximate surface area is 149 Å². The molecule has 1 atom stereocenters. The number of nitrogens with one attached hydrogen (secondary N) is 1. The summed E-state index contributed by atoms with van der Waals surface area (Å²) in [6.07, 6.45) is 2.03. The molecule has 0 bridgehead atoms. The van der Waals surface area contributed by atoms with E-state index in [-0.39, 0.29) is 18.4 Å². The van der Waals surface area contributed by atoms with Crippen molar-refractivity contribution >= 4 is 34.8 Å². The number of halogens is 1. The van der Waals surface area contributed by atoms with Crippen molar-refractivity contribution in [3.8, 4) is 0 Å². The highest BCUT2D eigenvalue weighted by molar-refractivity contribution is 7.08. The molecule has 0 spiro atoms. The Hall–Kier alpha value is -1.85. The smallest absolute Gasteiger partial charge is 0.310 e. The van der Waals surface area contributed by atoms with Crippen molar-refractivity contribution in [2.45, 2.75) is 31.7 Å². The van der Waals surface area contributed by atoms with Crippen molar-refractivity contribution in [3.05, 3.63) is 57.2 Å². The molecule has 2 aromatic rings. The zero-order valence-electron chi connectivity index (χ0n) is 13.0. The van der Waals surface area contributed by atoms with Crippen LogP contribution in [0, 0.1) is 5.41 Å². The van der Waals surface area contributed by atoms with E-state index < -0.39 is 11.4 Å². The van der Waals surface area contributed by atoms with Crippen molar-refractivity contribution < 1.29 is 14.7 Å². The summed E-state index contributed by atoms with van der Waals surface area (Å²) in [5.74, 6) is -1.11. The third-order valence-electron chi connectivity index (χ3n) is 4.65. The lowest BCUT2D eigenvalue weighted by atomic mass is 9.66. The number of carbonyl (C=O) groups excluding carboxylic acids is 1. The Morgan fingerprint density at radius 1 is 1.21 bits per heavy atom. The van der Waals surface area contributed by atoms with E-state index in [1.807, 2.05) is 29.0 Å². The highest BCUT2D eigenvalue weighted by Gasteiger charge is 2.46. The van der Waals surface area contributed by atoms with Gasteiger partial charge >= 0.3 is 5.97 Å². The lowest BCUT2D eigenvalue weighted by molar-refractivity contribution is -0.157. The zero-order chi connectivity index (χ0) is 17.2. The van der Waals surface area contributed by atoms with Crippen LogP contribution in [0.15, 0.2) is 41.1 Å². The average molecular weight is 364 g/mol. The molecule has 0 aliphatic heterocycles. The highest BCUT2D eigenvalue weighted by atomic mass is 35.5. The van der Waals surface area contributed by atoms with Gasteiger partial charge in [-0.05, 0) is 52.9 Å². The van der Waals surface area contributed by atoms with E-state index in [1.54, 1.807) is 23.5 Å². The maximum Gasteiger partial charge on any atom is 0.310 e. The first-order valence-electron chi connectivity index (χ1n) is 7.80. The Balaban J connectivity index is 1.78. The minimum absolute atomic E-state index is 0.0244. The van der Waals surface area contributed by atoms with Crippen LogP contribution in [0.3, 0.4) is 0 Å². The first-order chi connectivity index (χ1) is 11.5. The summed E-state index contributed by atoms with van der Waals surface area (Å²) in [5, 5.41) is 17.0. The number of carbonyl (C=O) groups is 2. The van der Waals surface area contributed by atoms with Gasteiger partial charge in [0.05, 0.1) is 11.5 Å². The Kier molecular flexibility index (Phi) is 4.92. The molecule has 3 rings (SSSR count). The number of thiophene rings is 1. The molecular weight excluding hydrogens is 346 g/mol. The first-order valence-corrected chi connectivity index (χ1v) is 9.13. The van der Waals surface area contributed by atoms with Gasteiger partial charge in [-0.3, -0.25) is 9.59 Å². The molecular formula is C18H18ClNO3S. The maximum absolute atomic E-state index is 12.5. The Morgan fingerprint density at radius 3 is 2.42 bits per heavy atom. The van der Waals surface area contributed by atoms with E-state index in [0.29, 0.717) is 17.9 Å². The van der Waals surface area contributed by atoms with E-state index in [1.165, 1.54) is 0 Å². The SMILES string of the molecule is O=C(CC1(C(=O)O)CCC1)NC(c1ccc(Cl)cc1)c1ccsc1. The fourth-order valence-electron chi connectivity index (χ4n) is 3.04. The van der Waals surface area contributed by atoms with Crippen molar-refractivity contribution in [1.29, 1.82) is 0 Å². The van der Waals surface area contributed by atoms with Gasteiger partial charge in [-0.2, -0.15) is 11.3 Å². The standard InChI is InChI=1S/C18H18ClNO3S/c19-14-4-2-12(3-5-14)16(13-6-9-24-11-13)20-15(21)10-18(17(22)23)7-1-8-18/h2-6,9,11,16H,1,7-8,10H2,(H,20,21)(H,22,23). The second-order valence-corrected chi connectivity index (χ2v) is 7.44. The predicted octanol–water partition coefficient (Wildman–Crippen LogP) is 4.25. The van der Waals surface area contributed by atoms with Gasteiger partial charge in [0, 0.05) is 11.4 Å². The van der Waals surface area contributed by atoms with Crippen molar-refractivity contribution in [3.63, 3.8) is 0 Å². The number of carboxylic acids is 1. The average Bonchev–Trinajstić information content (AvgIpc) is 3.03. The Bertz CT molecular complexity index is 723. The zero-order valence-corrected chi connectivity index (χ0v) is 14.6. The molecule has 0 saturated heterocycles. The number of carboxylic acid groups (broad SMARTS) is 1. The van der Waals surface area contributed by atoms with Crippen LogP contribution in [0.1, 0.15) is 42.9 Å². The summed E-state index contributed by atoms with van der Waals surface area (Å²) in [6, 6.07) is 8.98. The van der Waals surface area contributed by atoms with Gasteiger partial charge in [-0.1, -0.05) is 30.2 Å². The van der Waals surface area contributed by atoms with E-state index in [9.17, 15) is 14.7 Å². The molecule has 1 saturated carbocycles. The summed E-state index contributed by atoms with van der Waals surface area (Å²) in [7, 11) is 0. The molecule has 2 N–H and O–H groups in total. The molecule has 1 heterocycles. The molecule has 1 fully saturated rings. The second kappa shape index (κ2) is 6.95. The van der Waals surface area contributed by atoms with Crippen LogP contribution in [-0.2, 0) is 9.59 Å². The van der Waals surface area contributed by atoms with Crippen LogP contribution in [0.2, 0.25) is 5.02 Å².